The predicted octanol–water partition coefficient (Wildman–Crippen LogP) is 2.95. The van der Waals surface area contributed by atoms with E-state index in [1.165, 1.54) is 19.2 Å². The van der Waals surface area contributed by atoms with Crippen molar-refractivity contribution in [3.63, 3.8) is 0 Å². The third-order valence-electron chi connectivity index (χ3n) is 3.81. The lowest BCUT2D eigenvalue weighted by Gasteiger charge is -2.28. The molecular weight excluding hydrogens is 268 g/mol. The summed E-state index contributed by atoms with van der Waals surface area (Å²) in [6.45, 7) is 0. The van der Waals surface area contributed by atoms with Gasteiger partial charge in [-0.3, -0.25) is 0 Å². The van der Waals surface area contributed by atoms with E-state index >= 15 is 0 Å². The summed E-state index contributed by atoms with van der Waals surface area (Å²) in [5.41, 5.74) is -0.642. The fourth-order valence-corrected chi connectivity index (χ4v) is 2.54. The van der Waals surface area contributed by atoms with E-state index in [9.17, 15) is 10.1 Å². The molecule has 0 aromatic heterocycles. The van der Waals surface area contributed by atoms with Crippen molar-refractivity contribution in [3.8, 4) is 23.6 Å². The van der Waals surface area contributed by atoms with E-state index in [2.05, 4.69) is 6.07 Å². The van der Waals surface area contributed by atoms with Gasteiger partial charge in [-0.05, 0) is 25.0 Å². The second-order valence-corrected chi connectivity index (χ2v) is 5.12. The van der Waals surface area contributed by atoms with E-state index in [1.807, 2.05) is 6.07 Å². The molecule has 108 valence electrons. The molecule has 1 saturated carbocycles. The highest BCUT2D eigenvalue weighted by Crippen LogP contribution is 2.38. The molecule has 2 rings (SSSR count). The van der Waals surface area contributed by atoms with Gasteiger partial charge in [-0.15, -0.1) is 0 Å². The van der Waals surface area contributed by atoms with Crippen LogP contribution in [0.1, 0.15) is 37.7 Å². The topological polar surface area (TPSA) is 83.1 Å². The Labute approximate surface area is 123 Å². The highest BCUT2D eigenvalue weighted by atomic mass is 16.6. The van der Waals surface area contributed by atoms with Crippen LogP contribution in [0.5, 0.6) is 11.5 Å². The minimum atomic E-state index is -1.06. The lowest BCUT2D eigenvalue weighted by atomic mass is 9.75. The Morgan fingerprint density at radius 3 is 2.48 bits per heavy atom. The Kier molecular flexibility index (Phi) is 4.45. The molecule has 1 aliphatic rings. The zero-order chi connectivity index (χ0) is 15.3. The van der Waals surface area contributed by atoms with E-state index in [0.717, 1.165) is 19.3 Å². The summed E-state index contributed by atoms with van der Waals surface area (Å²) in [5.74, 6) is 0.0145. The van der Waals surface area contributed by atoms with E-state index < -0.39 is 11.4 Å². The SMILES string of the molecule is COc1cc(C#N)ccc1OC(=O)C1(C#N)CCCCC1. The molecule has 0 amide bonds. The molecule has 1 aromatic rings. The Bertz CT molecular complexity index is 619. The number of nitrogens with zero attached hydrogens (tertiary/aromatic N) is 2. The summed E-state index contributed by atoms with van der Waals surface area (Å²) in [6, 6.07) is 8.69. The first-order valence-electron chi connectivity index (χ1n) is 6.87. The average molecular weight is 284 g/mol. The highest BCUT2D eigenvalue weighted by Gasteiger charge is 2.42. The van der Waals surface area contributed by atoms with Gasteiger partial charge in [0.15, 0.2) is 16.9 Å². The van der Waals surface area contributed by atoms with Crippen LogP contribution in [0.2, 0.25) is 0 Å². The molecule has 1 aromatic carbocycles. The standard InChI is InChI=1S/C16H16N2O3/c1-20-14-9-12(10-17)5-6-13(14)21-15(19)16(11-18)7-3-2-4-8-16/h5-6,9H,2-4,7-8H2,1H3. The number of carbonyl (C=O) groups excluding carboxylic acids is 1. The number of hydrogen-bond acceptors (Lipinski definition) is 5. The first-order chi connectivity index (χ1) is 10.1. The second kappa shape index (κ2) is 6.28. The number of rotatable bonds is 3. The van der Waals surface area contributed by atoms with Crippen LogP contribution in [0.25, 0.3) is 0 Å². The van der Waals surface area contributed by atoms with Gasteiger partial charge in [-0.2, -0.15) is 10.5 Å². The van der Waals surface area contributed by atoms with Gasteiger partial charge in [-0.1, -0.05) is 19.3 Å². The number of nitriles is 2. The predicted molar refractivity (Wildman–Crippen MR) is 74.5 cm³/mol. The number of hydrogen-bond donors (Lipinski definition) is 0. The molecule has 21 heavy (non-hydrogen) atoms. The number of esters is 1. The lowest BCUT2D eigenvalue weighted by molar-refractivity contribution is -0.144. The first-order valence-corrected chi connectivity index (χ1v) is 6.87. The molecule has 5 heteroatoms. The van der Waals surface area contributed by atoms with E-state index in [1.54, 1.807) is 6.07 Å². The zero-order valence-corrected chi connectivity index (χ0v) is 11.9. The quantitative estimate of drug-likeness (QED) is 0.629. The Balaban J connectivity index is 2.23. The summed E-state index contributed by atoms with van der Waals surface area (Å²) in [5, 5.41) is 18.2. The summed E-state index contributed by atoms with van der Waals surface area (Å²) in [6.07, 6.45) is 3.80. The van der Waals surface area contributed by atoms with Crippen LogP contribution < -0.4 is 9.47 Å². The lowest BCUT2D eigenvalue weighted by Crippen LogP contribution is -2.35. The molecule has 0 saturated heterocycles. The van der Waals surface area contributed by atoms with Crippen LogP contribution in [0.3, 0.4) is 0 Å². The Hall–Kier alpha value is -2.53. The summed E-state index contributed by atoms with van der Waals surface area (Å²) < 4.78 is 10.5. The Morgan fingerprint density at radius 2 is 1.90 bits per heavy atom. The van der Waals surface area contributed by atoms with Crippen LogP contribution in [-0.4, -0.2) is 13.1 Å². The van der Waals surface area contributed by atoms with Crippen molar-refractivity contribution in [2.45, 2.75) is 32.1 Å². The normalized spacial score (nSPS) is 16.3. The molecule has 0 bridgehead atoms. The minimum absolute atomic E-state index is 0.238. The monoisotopic (exact) mass is 284 g/mol. The average Bonchev–Trinajstić information content (AvgIpc) is 2.55. The van der Waals surface area contributed by atoms with Gasteiger partial charge in [0.25, 0.3) is 0 Å². The Morgan fingerprint density at radius 1 is 1.19 bits per heavy atom. The van der Waals surface area contributed by atoms with Crippen molar-refractivity contribution < 1.29 is 14.3 Å². The first kappa shape index (κ1) is 14.9. The van der Waals surface area contributed by atoms with Crippen molar-refractivity contribution >= 4 is 5.97 Å². The van der Waals surface area contributed by atoms with Crippen LogP contribution in [0, 0.1) is 28.1 Å². The van der Waals surface area contributed by atoms with Crippen LogP contribution in [-0.2, 0) is 4.79 Å². The fraction of sp³-hybridized carbons (Fsp3) is 0.438. The van der Waals surface area contributed by atoms with E-state index in [-0.39, 0.29) is 5.75 Å². The summed E-state index contributed by atoms with van der Waals surface area (Å²) in [4.78, 5) is 12.4. The third-order valence-corrected chi connectivity index (χ3v) is 3.81. The molecule has 0 aliphatic heterocycles. The summed E-state index contributed by atoms with van der Waals surface area (Å²) in [7, 11) is 1.44. The number of carbonyl (C=O) groups is 1. The van der Waals surface area contributed by atoms with E-state index in [4.69, 9.17) is 14.7 Å². The molecule has 5 nitrogen and oxygen atoms in total. The zero-order valence-electron chi connectivity index (χ0n) is 11.9. The molecule has 0 N–H and O–H groups in total. The minimum Gasteiger partial charge on any atom is -0.493 e. The molecule has 0 radical (unpaired) electrons. The third kappa shape index (κ3) is 2.98. The van der Waals surface area contributed by atoms with Gasteiger partial charge < -0.3 is 9.47 Å². The van der Waals surface area contributed by atoms with Gasteiger partial charge in [0, 0.05) is 6.07 Å². The molecule has 0 spiro atoms. The van der Waals surface area contributed by atoms with Crippen LogP contribution in [0.4, 0.5) is 0 Å². The smallest absolute Gasteiger partial charge is 0.332 e. The van der Waals surface area contributed by atoms with Gasteiger partial charge in [0.05, 0.1) is 24.8 Å². The largest absolute Gasteiger partial charge is 0.493 e. The molecular formula is C16H16N2O3. The van der Waals surface area contributed by atoms with Crippen molar-refractivity contribution in [3.05, 3.63) is 23.8 Å². The van der Waals surface area contributed by atoms with Gasteiger partial charge in [-0.25, -0.2) is 4.79 Å². The van der Waals surface area contributed by atoms with Crippen molar-refractivity contribution in [2.75, 3.05) is 7.11 Å². The number of ether oxygens (including phenoxy) is 2. The van der Waals surface area contributed by atoms with Gasteiger partial charge in [0.1, 0.15) is 0 Å². The molecule has 0 atom stereocenters. The van der Waals surface area contributed by atoms with E-state index in [0.29, 0.717) is 24.2 Å². The molecule has 1 aliphatic carbocycles. The highest BCUT2D eigenvalue weighted by molar-refractivity contribution is 5.82. The van der Waals surface area contributed by atoms with Gasteiger partial charge >= 0.3 is 5.97 Å². The second-order valence-electron chi connectivity index (χ2n) is 5.12. The fourth-order valence-electron chi connectivity index (χ4n) is 2.54. The van der Waals surface area contributed by atoms with Crippen molar-refractivity contribution in [1.82, 2.24) is 0 Å². The molecule has 0 heterocycles. The van der Waals surface area contributed by atoms with Crippen LogP contribution in [0.15, 0.2) is 18.2 Å². The molecule has 1 fully saturated rings. The molecule has 0 unspecified atom stereocenters. The number of methoxy groups -OCH3 is 1. The maximum atomic E-state index is 12.4. The van der Waals surface area contributed by atoms with Crippen molar-refractivity contribution in [1.29, 1.82) is 10.5 Å². The maximum absolute atomic E-state index is 12.4. The maximum Gasteiger partial charge on any atom is 0.332 e. The number of benzene rings is 1. The van der Waals surface area contributed by atoms with Gasteiger partial charge in [0.2, 0.25) is 0 Å². The summed E-state index contributed by atoms with van der Waals surface area (Å²) >= 11 is 0. The van der Waals surface area contributed by atoms with Crippen LogP contribution >= 0.6 is 0 Å². The van der Waals surface area contributed by atoms with Crippen molar-refractivity contribution in [2.24, 2.45) is 5.41 Å².